The maximum atomic E-state index is 5.04. The Hall–Kier alpha value is -0.350. The molecule has 1 aliphatic heterocycles. The molecule has 1 unspecified atom stereocenters. The molecule has 0 radical (unpaired) electrons. The van der Waals surface area contributed by atoms with Gasteiger partial charge in [-0.05, 0) is 19.4 Å². The summed E-state index contributed by atoms with van der Waals surface area (Å²) in [5.74, 6) is 0. The molecule has 2 rings (SSSR count). The van der Waals surface area contributed by atoms with Gasteiger partial charge in [0.05, 0.1) is 11.7 Å². The van der Waals surface area contributed by atoms with Crippen molar-refractivity contribution in [2.24, 2.45) is 0 Å². The Bertz CT molecular complexity index is 242. The highest BCUT2D eigenvalue weighted by Gasteiger charge is 2.18. The summed E-state index contributed by atoms with van der Waals surface area (Å²) in [6.45, 7) is 1.09. The van der Waals surface area contributed by atoms with E-state index >= 15 is 0 Å². The quantitative estimate of drug-likeness (QED) is 0.780. The number of halogens is 1. The third-order valence-corrected chi connectivity index (χ3v) is 2.28. The van der Waals surface area contributed by atoms with E-state index in [0.717, 1.165) is 12.2 Å². The first kappa shape index (κ1) is 7.31. The molecule has 1 aromatic heterocycles. The van der Waals surface area contributed by atoms with Crippen LogP contribution in [-0.2, 0) is 0 Å². The van der Waals surface area contributed by atoms with Crippen LogP contribution in [0.1, 0.15) is 24.6 Å². The van der Waals surface area contributed by atoms with Crippen LogP contribution in [0.5, 0.6) is 0 Å². The Labute approximate surface area is 73.3 Å². The van der Waals surface area contributed by atoms with Crippen LogP contribution in [0, 0.1) is 0 Å². The second-order valence-corrected chi connectivity index (χ2v) is 3.35. The molecular formula is C7H9BrN2O. The van der Waals surface area contributed by atoms with Gasteiger partial charge in [-0.25, -0.2) is 4.98 Å². The number of hydrogen-bond donors (Lipinski definition) is 1. The van der Waals surface area contributed by atoms with Crippen molar-refractivity contribution in [3.8, 4) is 0 Å². The standard InChI is InChI=1S/C7H9BrN2O/c8-7-10-6(4-11-7)5-2-1-3-9-5/h4-5,9H,1-3H2. The average molecular weight is 217 g/mol. The van der Waals surface area contributed by atoms with E-state index in [9.17, 15) is 0 Å². The van der Waals surface area contributed by atoms with E-state index in [2.05, 4.69) is 26.2 Å². The van der Waals surface area contributed by atoms with Crippen molar-refractivity contribution in [2.75, 3.05) is 6.54 Å². The molecule has 2 heterocycles. The fourth-order valence-electron chi connectivity index (χ4n) is 1.36. The number of nitrogens with zero attached hydrogens (tertiary/aromatic N) is 1. The van der Waals surface area contributed by atoms with E-state index in [4.69, 9.17) is 4.42 Å². The van der Waals surface area contributed by atoms with Crippen LogP contribution in [0.15, 0.2) is 15.5 Å². The van der Waals surface area contributed by atoms with Crippen molar-refractivity contribution >= 4 is 15.9 Å². The molecule has 1 aromatic rings. The first-order valence-corrected chi connectivity index (χ1v) is 4.50. The number of oxazole rings is 1. The van der Waals surface area contributed by atoms with E-state index in [1.807, 2.05) is 0 Å². The highest BCUT2D eigenvalue weighted by Crippen LogP contribution is 2.23. The minimum atomic E-state index is 0.407. The van der Waals surface area contributed by atoms with Gasteiger partial charge in [0.15, 0.2) is 0 Å². The fraction of sp³-hybridized carbons (Fsp3) is 0.571. The molecular weight excluding hydrogens is 208 g/mol. The highest BCUT2D eigenvalue weighted by molar-refractivity contribution is 9.10. The molecule has 60 valence electrons. The summed E-state index contributed by atoms with van der Waals surface area (Å²) in [6.07, 6.45) is 4.10. The van der Waals surface area contributed by atoms with Gasteiger partial charge in [-0.2, -0.15) is 0 Å². The van der Waals surface area contributed by atoms with Crippen LogP contribution in [0.2, 0.25) is 0 Å². The lowest BCUT2D eigenvalue weighted by Gasteiger charge is -2.02. The lowest BCUT2D eigenvalue weighted by molar-refractivity contribution is 0.525. The van der Waals surface area contributed by atoms with Crippen molar-refractivity contribution in [3.05, 3.63) is 16.8 Å². The molecule has 1 atom stereocenters. The number of hydrogen-bond acceptors (Lipinski definition) is 3. The van der Waals surface area contributed by atoms with Crippen LogP contribution in [-0.4, -0.2) is 11.5 Å². The summed E-state index contributed by atoms with van der Waals surface area (Å²) in [4.78, 5) is 4.75. The van der Waals surface area contributed by atoms with Crippen LogP contribution < -0.4 is 5.32 Å². The van der Waals surface area contributed by atoms with Crippen molar-refractivity contribution in [1.29, 1.82) is 0 Å². The zero-order chi connectivity index (χ0) is 7.68. The summed E-state index contributed by atoms with van der Waals surface area (Å²) < 4.78 is 5.04. The molecule has 0 spiro atoms. The Balaban J connectivity index is 2.15. The first-order chi connectivity index (χ1) is 5.36. The molecule has 4 heteroatoms. The Morgan fingerprint density at radius 2 is 2.64 bits per heavy atom. The number of aromatic nitrogens is 1. The molecule has 1 aliphatic rings. The molecule has 1 saturated heterocycles. The second kappa shape index (κ2) is 2.95. The van der Waals surface area contributed by atoms with Gasteiger partial charge in [-0.3, -0.25) is 0 Å². The lowest BCUT2D eigenvalue weighted by atomic mass is 10.2. The number of nitrogens with one attached hydrogen (secondary N) is 1. The zero-order valence-corrected chi connectivity index (χ0v) is 7.60. The molecule has 1 N–H and O–H groups in total. The Kier molecular flexibility index (Phi) is 1.96. The molecule has 0 saturated carbocycles. The van der Waals surface area contributed by atoms with Crippen molar-refractivity contribution in [1.82, 2.24) is 10.3 Å². The fourth-order valence-corrected chi connectivity index (χ4v) is 1.66. The molecule has 11 heavy (non-hydrogen) atoms. The predicted molar refractivity (Wildman–Crippen MR) is 44.2 cm³/mol. The van der Waals surface area contributed by atoms with Crippen LogP contribution in [0.25, 0.3) is 0 Å². The second-order valence-electron chi connectivity index (χ2n) is 2.67. The molecule has 0 amide bonds. The summed E-state index contributed by atoms with van der Waals surface area (Å²) in [6, 6.07) is 0.407. The lowest BCUT2D eigenvalue weighted by Crippen LogP contribution is -2.12. The van der Waals surface area contributed by atoms with E-state index in [-0.39, 0.29) is 0 Å². The first-order valence-electron chi connectivity index (χ1n) is 3.70. The predicted octanol–water partition coefficient (Wildman–Crippen LogP) is 1.86. The Morgan fingerprint density at radius 3 is 3.18 bits per heavy atom. The van der Waals surface area contributed by atoms with Gasteiger partial charge >= 0.3 is 0 Å². The van der Waals surface area contributed by atoms with Crippen LogP contribution >= 0.6 is 15.9 Å². The van der Waals surface area contributed by atoms with E-state index < -0.39 is 0 Å². The van der Waals surface area contributed by atoms with Gasteiger partial charge in [0, 0.05) is 15.9 Å². The van der Waals surface area contributed by atoms with Gasteiger partial charge in [-0.15, -0.1) is 0 Å². The maximum absolute atomic E-state index is 5.04. The topological polar surface area (TPSA) is 38.1 Å². The smallest absolute Gasteiger partial charge is 0.264 e. The molecule has 0 aliphatic carbocycles. The summed E-state index contributed by atoms with van der Waals surface area (Å²) >= 11 is 3.17. The SMILES string of the molecule is Brc1nc(C2CCCN2)co1. The third kappa shape index (κ3) is 1.46. The monoisotopic (exact) mass is 216 g/mol. The third-order valence-electron chi connectivity index (χ3n) is 1.91. The van der Waals surface area contributed by atoms with Gasteiger partial charge in [0.2, 0.25) is 0 Å². The normalized spacial score (nSPS) is 24.3. The largest absolute Gasteiger partial charge is 0.439 e. The van der Waals surface area contributed by atoms with Gasteiger partial charge in [0.1, 0.15) is 6.26 Å². The number of rotatable bonds is 1. The van der Waals surface area contributed by atoms with E-state index in [0.29, 0.717) is 10.8 Å². The van der Waals surface area contributed by atoms with Gasteiger partial charge in [0.25, 0.3) is 4.80 Å². The zero-order valence-electron chi connectivity index (χ0n) is 6.01. The van der Waals surface area contributed by atoms with E-state index in [1.165, 1.54) is 12.8 Å². The summed E-state index contributed by atoms with van der Waals surface area (Å²) in [5, 5.41) is 3.34. The van der Waals surface area contributed by atoms with Crippen molar-refractivity contribution < 1.29 is 4.42 Å². The van der Waals surface area contributed by atoms with Crippen molar-refractivity contribution in [3.63, 3.8) is 0 Å². The van der Waals surface area contributed by atoms with Crippen LogP contribution in [0.3, 0.4) is 0 Å². The minimum absolute atomic E-state index is 0.407. The molecule has 0 aromatic carbocycles. The summed E-state index contributed by atoms with van der Waals surface area (Å²) in [7, 11) is 0. The summed E-state index contributed by atoms with van der Waals surface area (Å²) in [5.41, 5.74) is 1.01. The van der Waals surface area contributed by atoms with E-state index in [1.54, 1.807) is 6.26 Å². The van der Waals surface area contributed by atoms with Gasteiger partial charge < -0.3 is 9.73 Å². The average Bonchev–Trinajstić information content (AvgIpc) is 2.55. The van der Waals surface area contributed by atoms with Crippen molar-refractivity contribution in [2.45, 2.75) is 18.9 Å². The molecule has 0 bridgehead atoms. The molecule has 1 fully saturated rings. The highest BCUT2D eigenvalue weighted by atomic mass is 79.9. The molecule has 3 nitrogen and oxygen atoms in total. The van der Waals surface area contributed by atoms with Crippen LogP contribution in [0.4, 0.5) is 0 Å². The Morgan fingerprint density at radius 1 is 1.73 bits per heavy atom. The van der Waals surface area contributed by atoms with Gasteiger partial charge in [-0.1, -0.05) is 0 Å². The minimum Gasteiger partial charge on any atom is -0.439 e. The maximum Gasteiger partial charge on any atom is 0.264 e.